The van der Waals surface area contributed by atoms with Crippen molar-refractivity contribution in [1.29, 1.82) is 0 Å². The average Bonchev–Trinajstić information content (AvgIpc) is 2.85. The SMILES string of the molecule is O=C(C1Sc2ccccc2C1c1ccccc1)C(F)(F)F. The van der Waals surface area contributed by atoms with Crippen molar-refractivity contribution < 1.29 is 18.0 Å². The number of Topliss-reactive ketones (excluding diaryl/α,β-unsaturated/α-hetero) is 1. The molecular formula is C16H11F3OS. The summed E-state index contributed by atoms with van der Waals surface area (Å²) in [4.78, 5) is 12.5. The van der Waals surface area contributed by atoms with Gasteiger partial charge in [0, 0.05) is 10.8 Å². The van der Waals surface area contributed by atoms with Crippen LogP contribution in [0.15, 0.2) is 59.5 Å². The first-order valence-corrected chi connectivity index (χ1v) is 7.28. The van der Waals surface area contributed by atoms with Crippen LogP contribution in [0, 0.1) is 0 Å². The van der Waals surface area contributed by atoms with Gasteiger partial charge in [0.25, 0.3) is 0 Å². The highest BCUT2D eigenvalue weighted by atomic mass is 32.2. The number of rotatable bonds is 2. The lowest BCUT2D eigenvalue weighted by Crippen LogP contribution is -2.34. The molecule has 0 saturated heterocycles. The molecule has 0 bridgehead atoms. The molecular weight excluding hydrogens is 297 g/mol. The van der Waals surface area contributed by atoms with E-state index in [0.717, 1.165) is 27.8 Å². The Balaban J connectivity index is 2.08. The second-order valence-electron chi connectivity index (χ2n) is 4.83. The molecule has 2 aromatic rings. The molecule has 2 unspecified atom stereocenters. The van der Waals surface area contributed by atoms with Crippen LogP contribution < -0.4 is 0 Å². The zero-order valence-corrected chi connectivity index (χ0v) is 11.6. The Hall–Kier alpha value is -1.75. The van der Waals surface area contributed by atoms with Crippen molar-refractivity contribution >= 4 is 17.5 Å². The van der Waals surface area contributed by atoms with Crippen molar-refractivity contribution in [2.75, 3.05) is 0 Å². The summed E-state index contributed by atoms with van der Waals surface area (Å²) in [6.45, 7) is 0. The van der Waals surface area contributed by atoms with Crippen LogP contribution in [0.5, 0.6) is 0 Å². The molecule has 2 atom stereocenters. The summed E-state index contributed by atoms with van der Waals surface area (Å²) in [5, 5.41) is -1.15. The molecule has 0 saturated carbocycles. The van der Waals surface area contributed by atoms with E-state index in [1.807, 2.05) is 0 Å². The van der Waals surface area contributed by atoms with Crippen LogP contribution in [0.25, 0.3) is 0 Å². The smallest absolute Gasteiger partial charge is 0.288 e. The molecule has 3 rings (SSSR count). The van der Waals surface area contributed by atoms with Gasteiger partial charge in [-0.1, -0.05) is 48.5 Å². The Labute approximate surface area is 124 Å². The van der Waals surface area contributed by atoms with E-state index in [-0.39, 0.29) is 0 Å². The Morgan fingerprint density at radius 3 is 2.24 bits per heavy atom. The van der Waals surface area contributed by atoms with Gasteiger partial charge in [0.05, 0.1) is 5.25 Å². The second-order valence-corrected chi connectivity index (χ2v) is 6.01. The third kappa shape index (κ3) is 2.58. The number of halogens is 3. The maximum atomic E-state index is 12.9. The number of thioether (sulfide) groups is 1. The van der Waals surface area contributed by atoms with Crippen LogP contribution in [-0.2, 0) is 4.79 Å². The first-order valence-electron chi connectivity index (χ1n) is 6.40. The average molecular weight is 308 g/mol. The van der Waals surface area contributed by atoms with E-state index >= 15 is 0 Å². The molecule has 0 fully saturated rings. The van der Waals surface area contributed by atoms with Crippen LogP contribution in [-0.4, -0.2) is 17.2 Å². The number of alkyl halides is 3. The van der Waals surface area contributed by atoms with Gasteiger partial charge in [-0.25, -0.2) is 0 Å². The van der Waals surface area contributed by atoms with E-state index < -0.39 is 23.1 Å². The molecule has 0 radical (unpaired) electrons. The largest absolute Gasteiger partial charge is 0.451 e. The van der Waals surface area contributed by atoms with Crippen molar-refractivity contribution in [3.8, 4) is 0 Å². The van der Waals surface area contributed by atoms with Crippen molar-refractivity contribution in [1.82, 2.24) is 0 Å². The van der Waals surface area contributed by atoms with Crippen LogP contribution in [0.2, 0.25) is 0 Å². The van der Waals surface area contributed by atoms with E-state index in [4.69, 9.17) is 0 Å². The number of ketones is 1. The van der Waals surface area contributed by atoms with Gasteiger partial charge in [0.1, 0.15) is 0 Å². The maximum absolute atomic E-state index is 12.9. The zero-order chi connectivity index (χ0) is 15.0. The quantitative estimate of drug-likeness (QED) is 0.816. The van der Waals surface area contributed by atoms with Gasteiger partial charge in [0.15, 0.2) is 0 Å². The fraction of sp³-hybridized carbons (Fsp3) is 0.188. The maximum Gasteiger partial charge on any atom is 0.451 e. The summed E-state index contributed by atoms with van der Waals surface area (Å²) >= 11 is 1.00. The van der Waals surface area contributed by atoms with Crippen LogP contribution >= 0.6 is 11.8 Å². The Kier molecular flexibility index (Phi) is 3.53. The van der Waals surface area contributed by atoms with Crippen LogP contribution in [0.4, 0.5) is 13.2 Å². The summed E-state index contributed by atoms with van der Waals surface area (Å²) in [6, 6.07) is 16.0. The highest BCUT2D eigenvalue weighted by molar-refractivity contribution is 8.01. The van der Waals surface area contributed by atoms with Crippen LogP contribution in [0.3, 0.4) is 0 Å². The predicted molar refractivity (Wildman–Crippen MR) is 75.4 cm³/mol. The molecule has 1 heterocycles. The molecule has 0 N–H and O–H groups in total. The van der Waals surface area contributed by atoms with Crippen molar-refractivity contribution in [2.45, 2.75) is 22.2 Å². The van der Waals surface area contributed by atoms with Gasteiger partial charge in [-0.3, -0.25) is 4.79 Å². The highest BCUT2D eigenvalue weighted by Gasteiger charge is 2.50. The molecule has 0 spiro atoms. The van der Waals surface area contributed by atoms with Gasteiger partial charge in [-0.05, 0) is 17.2 Å². The standard InChI is InChI=1S/C16H11F3OS/c17-16(18,19)15(20)14-13(10-6-2-1-3-7-10)11-8-4-5-9-12(11)21-14/h1-9,13-14H. The molecule has 0 aliphatic carbocycles. The molecule has 0 aromatic heterocycles. The number of carbonyl (C=O) groups excluding carboxylic acids is 1. The van der Waals surface area contributed by atoms with Gasteiger partial charge in [-0.2, -0.15) is 13.2 Å². The van der Waals surface area contributed by atoms with Gasteiger partial charge in [0.2, 0.25) is 5.78 Å². The summed E-state index contributed by atoms with van der Waals surface area (Å²) < 4.78 is 38.6. The fourth-order valence-corrected chi connectivity index (χ4v) is 4.04. The van der Waals surface area contributed by atoms with Crippen LogP contribution in [0.1, 0.15) is 17.0 Å². The Morgan fingerprint density at radius 2 is 1.57 bits per heavy atom. The number of benzene rings is 2. The lowest BCUT2D eigenvalue weighted by Gasteiger charge is -2.20. The zero-order valence-electron chi connectivity index (χ0n) is 10.8. The normalized spacial score (nSPS) is 21.1. The molecule has 21 heavy (non-hydrogen) atoms. The minimum absolute atomic E-state index is 0.554. The third-order valence-corrected chi connectivity index (χ3v) is 4.87. The number of hydrogen-bond acceptors (Lipinski definition) is 2. The Bertz CT molecular complexity index is 667. The third-order valence-electron chi connectivity index (χ3n) is 3.51. The molecule has 0 amide bonds. The summed E-state index contributed by atoms with van der Waals surface area (Å²) in [5.74, 6) is -2.22. The number of hydrogen-bond donors (Lipinski definition) is 0. The minimum Gasteiger partial charge on any atom is -0.288 e. The summed E-state index contributed by atoms with van der Waals surface area (Å²) in [6.07, 6.45) is -4.81. The first kappa shape index (κ1) is 14.2. The number of fused-ring (bicyclic) bond motifs is 1. The monoisotopic (exact) mass is 308 g/mol. The lowest BCUT2D eigenvalue weighted by molar-refractivity contribution is -0.170. The molecule has 5 heteroatoms. The van der Waals surface area contributed by atoms with E-state index in [9.17, 15) is 18.0 Å². The highest BCUT2D eigenvalue weighted by Crippen LogP contribution is 2.50. The lowest BCUT2D eigenvalue weighted by atomic mass is 9.87. The van der Waals surface area contributed by atoms with E-state index in [2.05, 4.69) is 0 Å². The molecule has 1 nitrogen and oxygen atoms in total. The van der Waals surface area contributed by atoms with E-state index in [1.165, 1.54) is 0 Å². The fourth-order valence-electron chi connectivity index (χ4n) is 2.59. The van der Waals surface area contributed by atoms with E-state index in [1.54, 1.807) is 54.6 Å². The summed E-state index contributed by atoms with van der Waals surface area (Å²) in [5.41, 5.74) is 1.52. The molecule has 1 aliphatic rings. The minimum atomic E-state index is -4.81. The van der Waals surface area contributed by atoms with Gasteiger partial charge >= 0.3 is 6.18 Å². The van der Waals surface area contributed by atoms with Crippen molar-refractivity contribution in [3.05, 3.63) is 65.7 Å². The number of carbonyl (C=O) groups is 1. The van der Waals surface area contributed by atoms with Gasteiger partial charge < -0.3 is 0 Å². The molecule has 1 aliphatic heterocycles. The molecule has 2 aromatic carbocycles. The predicted octanol–water partition coefficient (Wildman–Crippen LogP) is 4.42. The van der Waals surface area contributed by atoms with Gasteiger partial charge in [-0.15, -0.1) is 11.8 Å². The van der Waals surface area contributed by atoms with Crippen molar-refractivity contribution in [3.63, 3.8) is 0 Å². The Morgan fingerprint density at radius 1 is 0.952 bits per heavy atom. The van der Waals surface area contributed by atoms with Crippen molar-refractivity contribution in [2.24, 2.45) is 0 Å². The van der Waals surface area contributed by atoms with E-state index in [0.29, 0.717) is 0 Å². The molecule has 108 valence electrons. The summed E-state index contributed by atoms with van der Waals surface area (Å²) in [7, 11) is 0. The first-order chi connectivity index (χ1) is 9.98. The second kappa shape index (κ2) is 5.22. The topological polar surface area (TPSA) is 17.1 Å².